The van der Waals surface area contributed by atoms with Gasteiger partial charge in [-0.3, -0.25) is 4.79 Å². The summed E-state index contributed by atoms with van der Waals surface area (Å²) >= 11 is 0. The van der Waals surface area contributed by atoms with Crippen molar-refractivity contribution in [1.82, 2.24) is 4.90 Å². The first-order chi connectivity index (χ1) is 16.3. The topological polar surface area (TPSA) is 66.5 Å². The lowest BCUT2D eigenvalue weighted by molar-refractivity contribution is -0.190. The predicted molar refractivity (Wildman–Crippen MR) is 130 cm³/mol. The lowest BCUT2D eigenvalue weighted by Gasteiger charge is -2.34. The number of fused-ring (bicyclic) bond motifs is 1. The first kappa shape index (κ1) is 25.5. The van der Waals surface area contributed by atoms with Crippen molar-refractivity contribution < 1.29 is 26.4 Å². The van der Waals surface area contributed by atoms with Gasteiger partial charge in [-0.05, 0) is 48.1 Å². The van der Waals surface area contributed by atoms with Crippen LogP contribution in [-0.4, -0.2) is 50.0 Å². The van der Waals surface area contributed by atoms with Gasteiger partial charge in [0.25, 0.3) is 0 Å². The molecule has 1 heterocycles. The zero-order valence-corrected chi connectivity index (χ0v) is 20.9. The van der Waals surface area contributed by atoms with Crippen LogP contribution in [0.15, 0.2) is 48.5 Å². The van der Waals surface area contributed by atoms with Crippen LogP contribution in [0, 0.1) is 5.92 Å². The molecule has 1 N–H and O–H groups in total. The number of carbonyl (C=O) groups is 1. The molecule has 2 atom stereocenters. The SMILES string of the molecule is CN(C(=O)C1CCS(=O)(=O)CC1)[C@@H](c1ccc(NC2Cc3ccccc3C2(C)C)cc1)C(F)(F)F. The van der Waals surface area contributed by atoms with Gasteiger partial charge in [0.05, 0.1) is 11.5 Å². The maximum Gasteiger partial charge on any atom is 0.413 e. The Morgan fingerprint density at radius 2 is 1.66 bits per heavy atom. The molecule has 35 heavy (non-hydrogen) atoms. The van der Waals surface area contributed by atoms with E-state index in [1.54, 1.807) is 12.1 Å². The summed E-state index contributed by atoms with van der Waals surface area (Å²) in [5, 5.41) is 3.48. The van der Waals surface area contributed by atoms with E-state index in [0.29, 0.717) is 5.69 Å². The van der Waals surface area contributed by atoms with Crippen LogP contribution in [0.3, 0.4) is 0 Å². The molecule has 9 heteroatoms. The Kier molecular flexibility index (Phi) is 6.68. The number of benzene rings is 2. The van der Waals surface area contributed by atoms with Gasteiger partial charge in [-0.1, -0.05) is 50.2 Å². The highest BCUT2D eigenvalue weighted by Crippen LogP contribution is 2.41. The maximum absolute atomic E-state index is 14.1. The van der Waals surface area contributed by atoms with Crippen LogP contribution in [-0.2, 0) is 26.5 Å². The summed E-state index contributed by atoms with van der Waals surface area (Å²) in [5.74, 6) is -1.74. The van der Waals surface area contributed by atoms with Crippen LogP contribution in [0.1, 0.15) is 49.4 Å². The molecule has 1 aliphatic heterocycles. The Morgan fingerprint density at radius 1 is 1.06 bits per heavy atom. The normalized spacial score (nSPS) is 22.3. The fourth-order valence-electron chi connectivity index (χ4n) is 5.37. The monoisotopic (exact) mass is 508 g/mol. The Morgan fingerprint density at radius 3 is 2.23 bits per heavy atom. The molecule has 2 aromatic rings. The minimum atomic E-state index is -4.67. The number of carbonyl (C=O) groups excluding carboxylic acids is 1. The summed E-state index contributed by atoms with van der Waals surface area (Å²) in [6, 6.07) is 12.3. The summed E-state index contributed by atoms with van der Waals surface area (Å²) in [7, 11) is -2.07. The third-order valence-corrected chi connectivity index (χ3v) is 9.24. The Hall–Kier alpha value is -2.55. The largest absolute Gasteiger partial charge is 0.413 e. The molecule has 1 aliphatic carbocycles. The number of amides is 1. The Labute approximate surface area is 204 Å². The van der Waals surface area contributed by atoms with E-state index in [1.807, 2.05) is 12.1 Å². The minimum Gasteiger partial charge on any atom is -0.381 e. The number of hydrogen-bond acceptors (Lipinski definition) is 4. The van der Waals surface area contributed by atoms with Gasteiger partial charge < -0.3 is 10.2 Å². The van der Waals surface area contributed by atoms with Gasteiger partial charge in [0, 0.05) is 30.1 Å². The third-order valence-electron chi connectivity index (χ3n) is 7.52. The van der Waals surface area contributed by atoms with E-state index in [4.69, 9.17) is 0 Å². The second-order valence-corrected chi connectivity index (χ2v) is 12.5. The van der Waals surface area contributed by atoms with Crippen molar-refractivity contribution in [2.45, 2.75) is 56.8 Å². The first-order valence-corrected chi connectivity index (χ1v) is 13.6. The smallest absolute Gasteiger partial charge is 0.381 e. The first-order valence-electron chi connectivity index (χ1n) is 11.8. The van der Waals surface area contributed by atoms with Crippen molar-refractivity contribution in [3.63, 3.8) is 0 Å². The number of nitrogens with one attached hydrogen (secondary N) is 1. The molecule has 0 spiro atoms. The molecule has 1 fully saturated rings. The molecule has 5 nitrogen and oxygen atoms in total. The van der Waals surface area contributed by atoms with E-state index in [2.05, 4.69) is 31.3 Å². The number of alkyl halides is 3. The molecule has 2 aliphatic rings. The van der Waals surface area contributed by atoms with E-state index in [0.717, 1.165) is 18.4 Å². The van der Waals surface area contributed by atoms with Crippen molar-refractivity contribution in [3.05, 3.63) is 65.2 Å². The third kappa shape index (κ3) is 5.20. The molecule has 0 saturated carbocycles. The quantitative estimate of drug-likeness (QED) is 0.625. The average Bonchev–Trinajstić information content (AvgIpc) is 3.03. The number of nitrogens with zero attached hydrogens (tertiary/aromatic N) is 1. The number of hydrogen-bond donors (Lipinski definition) is 1. The zero-order chi connectivity index (χ0) is 25.6. The molecule has 1 saturated heterocycles. The number of halogens is 3. The second kappa shape index (κ2) is 9.15. The predicted octanol–water partition coefficient (Wildman–Crippen LogP) is 4.89. The fraction of sp³-hybridized carbons (Fsp3) is 0.500. The van der Waals surface area contributed by atoms with Crippen molar-refractivity contribution in [2.75, 3.05) is 23.9 Å². The number of sulfone groups is 1. The Bertz CT molecular complexity index is 1180. The molecule has 190 valence electrons. The van der Waals surface area contributed by atoms with E-state index >= 15 is 0 Å². The summed E-state index contributed by atoms with van der Waals surface area (Å²) in [6.07, 6.45) is -3.74. The van der Waals surface area contributed by atoms with E-state index in [1.165, 1.54) is 23.3 Å². The van der Waals surface area contributed by atoms with Crippen molar-refractivity contribution in [2.24, 2.45) is 5.92 Å². The highest BCUT2D eigenvalue weighted by molar-refractivity contribution is 7.91. The molecule has 1 unspecified atom stereocenters. The van der Waals surface area contributed by atoms with E-state index in [-0.39, 0.29) is 41.4 Å². The zero-order valence-electron chi connectivity index (χ0n) is 20.1. The van der Waals surface area contributed by atoms with E-state index < -0.39 is 33.9 Å². The van der Waals surface area contributed by atoms with Crippen LogP contribution in [0.4, 0.5) is 18.9 Å². The summed E-state index contributed by atoms with van der Waals surface area (Å²) < 4.78 is 65.6. The van der Waals surface area contributed by atoms with Gasteiger partial charge in [0.1, 0.15) is 9.84 Å². The molecular formula is C26H31F3N2O3S. The Balaban J connectivity index is 1.50. The molecule has 4 rings (SSSR count). The lowest BCUT2D eigenvalue weighted by Crippen LogP contribution is -2.44. The molecule has 0 bridgehead atoms. The molecule has 2 aromatic carbocycles. The summed E-state index contributed by atoms with van der Waals surface area (Å²) in [6.45, 7) is 4.31. The van der Waals surface area contributed by atoms with Gasteiger partial charge >= 0.3 is 6.18 Å². The van der Waals surface area contributed by atoms with Crippen molar-refractivity contribution in [3.8, 4) is 0 Å². The fourth-order valence-corrected chi connectivity index (χ4v) is 6.86. The average molecular weight is 509 g/mol. The van der Waals surface area contributed by atoms with Crippen LogP contribution < -0.4 is 5.32 Å². The van der Waals surface area contributed by atoms with Gasteiger partial charge in [0.15, 0.2) is 6.04 Å². The van der Waals surface area contributed by atoms with E-state index in [9.17, 15) is 26.4 Å². The minimum absolute atomic E-state index is 0.0312. The van der Waals surface area contributed by atoms with Crippen molar-refractivity contribution >= 4 is 21.4 Å². The van der Waals surface area contributed by atoms with Gasteiger partial charge in [0.2, 0.25) is 5.91 Å². The molecule has 1 amide bonds. The van der Waals surface area contributed by atoms with Gasteiger partial charge in [-0.25, -0.2) is 8.42 Å². The molecule has 0 aromatic heterocycles. The highest BCUT2D eigenvalue weighted by atomic mass is 32.2. The maximum atomic E-state index is 14.1. The van der Waals surface area contributed by atoms with Crippen LogP contribution in [0.2, 0.25) is 0 Å². The second-order valence-electron chi connectivity index (χ2n) is 10.2. The van der Waals surface area contributed by atoms with Gasteiger partial charge in [-0.15, -0.1) is 0 Å². The van der Waals surface area contributed by atoms with Crippen molar-refractivity contribution in [1.29, 1.82) is 0 Å². The van der Waals surface area contributed by atoms with Crippen LogP contribution >= 0.6 is 0 Å². The number of anilines is 1. The van der Waals surface area contributed by atoms with Crippen LogP contribution in [0.25, 0.3) is 0 Å². The summed E-state index contributed by atoms with van der Waals surface area (Å²) in [5.41, 5.74) is 3.08. The lowest BCUT2D eigenvalue weighted by atomic mass is 9.83. The van der Waals surface area contributed by atoms with Crippen LogP contribution in [0.5, 0.6) is 0 Å². The summed E-state index contributed by atoms with van der Waals surface area (Å²) in [4.78, 5) is 13.6. The standard InChI is InChI=1S/C26H31F3N2O3S/c1-25(2)21-7-5-4-6-19(21)16-22(25)30-20-10-8-17(9-11-20)23(26(27,28)29)31(3)24(32)18-12-14-35(33,34)15-13-18/h4-11,18,22-23,30H,12-16H2,1-3H3/t22?,23-/m0/s1. The highest BCUT2D eigenvalue weighted by Gasteiger charge is 2.47. The molecule has 0 radical (unpaired) electrons. The molecular weight excluding hydrogens is 477 g/mol. The number of rotatable bonds is 5. The van der Waals surface area contributed by atoms with Gasteiger partial charge in [-0.2, -0.15) is 13.2 Å².